The molecule has 0 saturated carbocycles. The Morgan fingerprint density at radius 1 is 0.464 bits per heavy atom. The van der Waals surface area contributed by atoms with Gasteiger partial charge in [0.1, 0.15) is 18.8 Å². The highest BCUT2D eigenvalue weighted by atomic mass is 16.7. The summed E-state index contributed by atoms with van der Waals surface area (Å²) in [4.78, 5) is 50.9. The summed E-state index contributed by atoms with van der Waals surface area (Å²) in [6, 6.07) is 0. The van der Waals surface area contributed by atoms with Gasteiger partial charge < -0.3 is 39.0 Å². The third kappa shape index (κ3) is 37.0. The fourth-order valence-corrected chi connectivity index (χ4v) is 8.89. The normalized spacial score (nSPS) is 18.7. The SMILES string of the molecule is CCCCCCCC/C=C\CCCCCCCCCC(=O)OC1C(OCC(COC(=O)CCCCCCCCCCCCC)OC(=O)CCCCCCCCCCCCC)OC(C(=O)O)C(O)C1O. The van der Waals surface area contributed by atoms with Gasteiger partial charge in [-0.25, -0.2) is 4.79 Å². The Morgan fingerprint density at radius 3 is 1.23 bits per heavy atom. The van der Waals surface area contributed by atoms with Gasteiger partial charge in [0.2, 0.25) is 0 Å². The van der Waals surface area contributed by atoms with Gasteiger partial charge in [-0.1, -0.05) is 226 Å². The molecule has 1 rings (SSSR count). The second kappa shape index (κ2) is 46.5. The molecular formula is C57H104O12. The first kappa shape index (κ1) is 64.5. The van der Waals surface area contributed by atoms with Crippen molar-refractivity contribution in [1.82, 2.24) is 0 Å². The number of esters is 3. The number of hydrogen-bond donors (Lipinski definition) is 3. The summed E-state index contributed by atoms with van der Waals surface area (Å²) in [7, 11) is 0. The van der Waals surface area contributed by atoms with Crippen molar-refractivity contribution in [3.05, 3.63) is 12.2 Å². The summed E-state index contributed by atoms with van der Waals surface area (Å²) in [6.07, 6.45) is 37.6. The Balaban J connectivity index is 2.66. The number of ether oxygens (including phenoxy) is 5. The van der Waals surface area contributed by atoms with Gasteiger partial charge in [0.05, 0.1) is 6.61 Å². The van der Waals surface area contributed by atoms with Crippen LogP contribution in [0.5, 0.6) is 0 Å². The summed E-state index contributed by atoms with van der Waals surface area (Å²) < 4.78 is 28.4. The van der Waals surface area contributed by atoms with Crippen molar-refractivity contribution in [3.63, 3.8) is 0 Å². The molecule has 0 bridgehead atoms. The van der Waals surface area contributed by atoms with E-state index in [1.165, 1.54) is 148 Å². The number of allylic oxidation sites excluding steroid dienone is 2. The van der Waals surface area contributed by atoms with Crippen molar-refractivity contribution >= 4 is 23.9 Å². The number of carbonyl (C=O) groups excluding carboxylic acids is 3. The number of carbonyl (C=O) groups is 4. The van der Waals surface area contributed by atoms with E-state index in [1.807, 2.05) is 0 Å². The van der Waals surface area contributed by atoms with E-state index in [0.717, 1.165) is 70.6 Å². The van der Waals surface area contributed by atoms with E-state index in [4.69, 9.17) is 23.7 Å². The lowest BCUT2D eigenvalue weighted by atomic mass is 9.98. The molecule has 0 radical (unpaired) electrons. The number of hydrogen-bond acceptors (Lipinski definition) is 11. The second-order valence-electron chi connectivity index (χ2n) is 19.9. The first-order valence-corrected chi connectivity index (χ1v) is 28.7. The molecule has 69 heavy (non-hydrogen) atoms. The molecule has 0 aromatic rings. The number of aliphatic carboxylic acids is 1. The Bertz CT molecular complexity index is 1260. The molecule has 6 unspecified atom stereocenters. The van der Waals surface area contributed by atoms with Crippen molar-refractivity contribution in [2.45, 2.75) is 314 Å². The molecule has 0 spiro atoms. The van der Waals surface area contributed by atoms with Crippen LogP contribution in [-0.4, -0.2) is 89.2 Å². The molecule has 3 N–H and O–H groups in total. The molecule has 0 aliphatic carbocycles. The van der Waals surface area contributed by atoms with Gasteiger partial charge in [-0.3, -0.25) is 14.4 Å². The van der Waals surface area contributed by atoms with E-state index in [0.29, 0.717) is 19.3 Å². The fourth-order valence-electron chi connectivity index (χ4n) is 8.89. The lowest BCUT2D eigenvalue weighted by Gasteiger charge is -2.40. The van der Waals surface area contributed by atoms with Crippen LogP contribution in [0, 0.1) is 0 Å². The Hall–Kier alpha value is -2.54. The summed E-state index contributed by atoms with van der Waals surface area (Å²) in [5.74, 6) is -3.09. The Labute approximate surface area is 420 Å². The van der Waals surface area contributed by atoms with E-state index in [9.17, 15) is 34.5 Å². The summed E-state index contributed by atoms with van der Waals surface area (Å²) >= 11 is 0. The van der Waals surface area contributed by atoms with Crippen LogP contribution in [-0.2, 0) is 42.9 Å². The van der Waals surface area contributed by atoms with Crippen LogP contribution in [0.1, 0.15) is 278 Å². The molecule has 1 aliphatic heterocycles. The van der Waals surface area contributed by atoms with Crippen LogP contribution in [0.3, 0.4) is 0 Å². The van der Waals surface area contributed by atoms with E-state index in [-0.39, 0.29) is 25.9 Å². The zero-order chi connectivity index (χ0) is 50.4. The van der Waals surface area contributed by atoms with Crippen molar-refractivity contribution in [2.24, 2.45) is 0 Å². The minimum absolute atomic E-state index is 0.0617. The van der Waals surface area contributed by atoms with Gasteiger partial charge in [0.15, 0.2) is 24.6 Å². The van der Waals surface area contributed by atoms with Gasteiger partial charge in [0.25, 0.3) is 0 Å². The molecule has 404 valence electrons. The lowest BCUT2D eigenvalue weighted by molar-refractivity contribution is -0.301. The van der Waals surface area contributed by atoms with Gasteiger partial charge in [-0.05, 0) is 44.9 Å². The van der Waals surface area contributed by atoms with E-state index < -0.39 is 67.3 Å². The highest BCUT2D eigenvalue weighted by Crippen LogP contribution is 2.26. The molecule has 12 heteroatoms. The Morgan fingerprint density at radius 2 is 0.826 bits per heavy atom. The molecule has 0 amide bonds. The number of carboxylic acid groups (broad SMARTS) is 1. The average molecular weight is 981 g/mol. The predicted octanol–water partition coefficient (Wildman–Crippen LogP) is 14.1. The molecule has 1 saturated heterocycles. The highest BCUT2D eigenvalue weighted by molar-refractivity contribution is 5.74. The molecule has 0 aromatic carbocycles. The Kier molecular flexibility index (Phi) is 43.5. The van der Waals surface area contributed by atoms with Gasteiger partial charge in [0, 0.05) is 19.3 Å². The quantitative estimate of drug-likeness (QED) is 0.0228. The maximum atomic E-state index is 13.1. The monoisotopic (exact) mass is 981 g/mol. The van der Waals surface area contributed by atoms with Crippen LogP contribution in [0.25, 0.3) is 0 Å². The van der Waals surface area contributed by atoms with Crippen LogP contribution in [0.4, 0.5) is 0 Å². The minimum atomic E-state index is -1.90. The standard InChI is InChI=1S/C57H104O12/c1-4-7-10-13-16-19-22-23-24-25-26-27-30-33-36-39-42-45-51(60)68-55-53(62)52(61)54(56(63)64)69-57(55)66-47-48(67-50(59)44-41-38-35-32-29-21-18-15-12-9-6-3)46-65-49(58)43-40-37-34-31-28-20-17-14-11-8-5-2/h23-24,48,52-55,57,61-62H,4-22,25-47H2,1-3H3,(H,63,64)/b24-23-. The maximum Gasteiger partial charge on any atom is 0.335 e. The zero-order valence-corrected chi connectivity index (χ0v) is 44.3. The summed E-state index contributed by atoms with van der Waals surface area (Å²) in [5, 5.41) is 31.4. The van der Waals surface area contributed by atoms with Gasteiger partial charge in [-0.15, -0.1) is 0 Å². The largest absolute Gasteiger partial charge is 0.479 e. The number of rotatable bonds is 49. The smallest absolute Gasteiger partial charge is 0.335 e. The molecule has 1 fully saturated rings. The van der Waals surface area contributed by atoms with Gasteiger partial charge >= 0.3 is 23.9 Å². The molecule has 12 nitrogen and oxygen atoms in total. The number of carboxylic acids is 1. The number of aliphatic hydroxyl groups is 2. The van der Waals surface area contributed by atoms with Crippen LogP contribution in [0.2, 0.25) is 0 Å². The first-order chi connectivity index (χ1) is 33.6. The molecule has 1 heterocycles. The van der Waals surface area contributed by atoms with Crippen molar-refractivity contribution in [1.29, 1.82) is 0 Å². The predicted molar refractivity (Wildman–Crippen MR) is 276 cm³/mol. The van der Waals surface area contributed by atoms with E-state index >= 15 is 0 Å². The minimum Gasteiger partial charge on any atom is -0.479 e. The van der Waals surface area contributed by atoms with E-state index in [1.54, 1.807) is 0 Å². The summed E-state index contributed by atoms with van der Waals surface area (Å²) in [6.45, 7) is 5.99. The second-order valence-corrected chi connectivity index (χ2v) is 19.9. The third-order valence-corrected chi connectivity index (χ3v) is 13.3. The highest BCUT2D eigenvalue weighted by Gasteiger charge is 2.50. The topological polar surface area (TPSA) is 175 Å². The first-order valence-electron chi connectivity index (χ1n) is 28.7. The van der Waals surface area contributed by atoms with Crippen LogP contribution >= 0.6 is 0 Å². The van der Waals surface area contributed by atoms with Crippen molar-refractivity contribution in [2.75, 3.05) is 13.2 Å². The molecule has 6 atom stereocenters. The lowest BCUT2D eigenvalue weighted by Crippen LogP contribution is -2.61. The molecule has 1 aliphatic rings. The fraction of sp³-hybridized carbons (Fsp3) is 0.895. The van der Waals surface area contributed by atoms with Crippen molar-refractivity contribution in [3.8, 4) is 0 Å². The number of unbranched alkanes of at least 4 members (excludes halogenated alkanes) is 33. The molecular weight excluding hydrogens is 877 g/mol. The van der Waals surface area contributed by atoms with Crippen molar-refractivity contribution < 1.29 is 58.2 Å². The average Bonchev–Trinajstić information content (AvgIpc) is 3.33. The number of aliphatic hydroxyl groups excluding tert-OH is 2. The third-order valence-electron chi connectivity index (χ3n) is 13.3. The van der Waals surface area contributed by atoms with Gasteiger partial charge in [-0.2, -0.15) is 0 Å². The zero-order valence-electron chi connectivity index (χ0n) is 44.3. The summed E-state index contributed by atoms with van der Waals surface area (Å²) in [5.41, 5.74) is 0. The van der Waals surface area contributed by atoms with E-state index in [2.05, 4.69) is 32.9 Å². The van der Waals surface area contributed by atoms with Crippen LogP contribution < -0.4 is 0 Å². The maximum absolute atomic E-state index is 13.1. The molecule has 0 aromatic heterocycles. The van der Waals surface area contributed by atoms with Crippen LogP contribution in [0.15, 0.2) is 12.2 Å².